The molecule has 3 aromatic carbocycles. The van der Waals surface area contributed by atoms with E-state index in [-0.39, 0.29) is 16.8 Å². The second kappa shape index (κ2) is 8.66. The van der Waals surface area contributed by atoms with Crippen LogP contribution >= 0.6 is 0 Å². The fraction of sp³-hybridized carbons (Fsp3) is 0.261. The maximum absolute atomic E-state index is 12.7. The Hall–Kier alpha value is -2.86. The van der Waals surface area contributed by atoms with Gasteiger partial charge in [0.15, 0.2) is 15.9 Å². The summed E-state index contributed by atoms with van der Waals surface area (Å²) in [7, 11) is -3.24. The van der Waals surface area contributed by atoms with Crippen LogP contribution in [0.15, 0.2) is 71.6 Å². The van der Waals surface area contributed by atoms with Crippen LogP contribution in [0.4, 0.5) is 0 Å². The lowest BCUT2D eigenvalue weighted by atomic mass is 10.1. The van der Waals surface area contributed by atoms with Crippen LogP contribution in [0.5, 0.6) is 5.75 Å². The second-order valence-electron chi connectivity index (χ2n) is 7.10. The molecule has 0 saturated carbocycles. The van der Waals surface area contributed by atoms with Crippen LogP contribution in [-0.2, 0) is 14.6 Å². The van der Waals surface area contributed by atoms with Crippen molar-refractivity contribution in [2.45, 2.75) is 37.3 Å². The first-order chi connectivity index (χ1) is 13.8. The number of sulfone groups is 1. The summed E-state index contributed by atoms with van der Waals surface area (Å²) in [6.07, 6.45) is 1.08. The Morgan fingerprint density at radius 1 is 1.00 bits per heavy atom. The molecule has 0 aliphatic rings. The van der Waals surface area contributed by atoms with Gasteiger partial charge in [-0.1, -0.05) is 49.4 Å². The minimum atomic E-state index is -3.24. The maximum Gasteiger partial charge on any atom is 0.261 e. The van der Waals surface area contributed by atoms with Crippen molar-refractivity contribution in [1.82, 2.24) is 5.32 Å². The zero-order valence-corrected chi connectivity index (χ0v) is 17.6. The molecule has 1 N–H and O–H groups in total. The number of hydrogen-bond donors (Lipinski definition) is 1. The van der Waals surface area contributed by atoms with Gasteiger partial charge in [-0.2, -0.15) is 0 Å². The van der Waals surface area contributed by atoms with E-state index in [2.05, 4.69) is 5.32 Å². The third-order valence-electron chi connectivity index (χ3n) is 4.83. The van der Waals surface area contributed by atoms with Crippen LogP contribution in [0, 0.1) is 0 Å². The summed E-state index contributed by atoms with van der Waals surface area (Å²) < 4.78 is 29.1. The molecule has 0 spiro atoms. The van der Waals surface area contributed by atoms with Gasteiger partial charge in [0, 0.05) is 6.26 Å². The molecule has 0 unspecified atom stereocenters. The topological polar surface area (TPSA) is 72.5 Å². The van der Waals surface area contributed by atoms with Crippen molar-refractivity contribution in [1.29, 1.82) is 0 Å². The highest BCUT2D eigenvalue weighted by molar-refractivity contribution is 7.90. The van der Waals surface area contributed by atoms with E-state index in [0.717, 1.165) is 16.3 Å². The maximum atomic E-state index is 12.7. The minimum Gasteiger partial charge on any atom is -0.481 e. The summed E-state index contributed by atoms with van der Waals surface area (Å²) in [6, 6.07) is 20.0. The van der Waals surface area contributed by atoms with Crippen LogP contribution in [-0.4, -0.2) is 26.7 Å². The molecule has 3 rings (SSSR count). The fourth-order valence-corrected chi connectivity index (χ4v) is 3.75. The third-order valence-corrected chi connectivity index (χ3v) is 5.96. The number of ether oxygens (including phenoxy) is 1. The summed E-state index contributed by atoms with van der Waals surface area (Å²) in [5, 5.41) is 5.12. The molecule has 2 atom stereocenters. The number of hydrogen-bond acceptors (Lipinski definition) is 4. The highest BCUT2D eigenvalue weighted by atomic mass is 32.2. The van der Waals surface area contributed by atoms with Gasteiger partial charge in [0.1, 0.15) is 5.75 Å². The van der Waals surface area contributed by atoms with Crippen molar-refractivity contribution in [3.8, 4) is 5.75 Å². The van der Waals surface area contributed by atoms with Crippen LogP contribution in [0.1, 0.15) is 31.9 Å². The van der Waals surface area contributed by atoms with Crippen LogP contribution in [0.2, 0.25) is 0 Å². The normalized spacial score (nSPS) is 13.6. The number of rotatable bonds is 7. The van der Waals surface area contributed by atoms with Gasteiger partial charge < -0.3 is 10.1 Å². The van der Waals surface area contributed by atoms with E-state index in [1.54, 1.807) is 24.3 Å². The number of fused-ring (bicyclic) bond motifs is 1. The van der Waals surface area contributed by atoms with Gasteiger partial charge >= 0.3 is 0 Å². The Morgan fingerprint density at radius 3 is 2.28 bits per heavy atom. The number of nitrogens with one attached hydrogen (secondary N) is 1. The Balaban J connectivity index is 1.68. The SMILES string of the molecule is CC[C@@H](Oc1ccc2ccccc2c1)C(=O)N[C@@H](C)c1ccc(S(C)(=O)=O)cc1. The summed E-state index contributed by atoms with van der Waals surface area (Å²) >= 11 is 0. The summed E-state index contributed by atoms with van der Waals surface area (Å²) in [6.45, 7) is 3.76. The molecular weight excluding hydrogens is 386 g/mol. The van der Waals surface area contributed by atoms with Crippen LogP contribution in [0.25, 0.3) is 10.8 Å². The van der Waals surface area contributed by atoms with Crippen LogP contribution < -0.4 is 10.1 Å². The van der Waals surface area contributed by atoms with Crippen LogP contribution in [0.3, 0.4) is 0 Å². The highest BCUT2D eigenvalue weighted by Crippen LogP contribution is 2.22. The Kier molecular flexibility index (Phi) is 6.23. The minimum absolute atomic E-state index is 0.208. The number of carbonyl (C=O) groups is 1. The van der Waals surface area contributed by atoms with Gasteiger partial charge in [0.05, 0.1) is 10.9 Å². The lowest BCUT2D eigenvalue weighted by Crippen LogP contribution is -2.39. The number of carbonyl (C=O) groups excluding carboxylic acids is 1. The van der Waals surface area contributed by atoms with Crippen molar-refractivity contribution < 1.29 is 17.9 Å². The molecule has 0 saturated heterocycles. The lowest BCUT2D eigenvalue weighted by Gasteiger charge is -2.21. The average molecular weight is 412 g/mol. The molecule has 0 fully saturated rings. The van der Waals surface area contributed by atoms with Crippen molar-refractivity contribution >= 4 is 26.5 Å². The molecule has 152 valence electrons. The summed E-state index contributed by atoms with van der Waals surface area (Å²) in [5.74, 6) is 0.441. The molecule has 0 aliphatic heterocycles. The molecule has 0 bridgehead atoms. The van der Waals surface area contributed by atoms with Gasteiger partial charge in [0.2, 0.25) is 0 Å². The van der Waals surface area contributed by atoms with Gasteiger partial charge in [-0.3, -0.25) is 4.79 Å². The quantitative estimate of drug-likeness (QED) is 0.630. The van der Waals surface area contributed by atoms with E-state index < -0.39 is 15.9 Å². The molecule has 0 aromatic heterocycles. The van der Waals surface area contributed by atoms with Gasteiger partial charge in [-0.25, -0.2) is 8.42 Å². The van der Waals surface area contributed by atoms with Gasteiger partial charge in [0.25, 0.3) is 5.91 Å². The molecule has 0 aliphatic carbocycles. The van der Waals surface area contributed by atoms with Crippen molar-refractivity contribution in [3.05, 3.63) is 72.3 Å². The first-order valence-corrected chi connectivity index (χ1v) is 11.4. The number of benzene rings is 3. The van der Waals surface area contributed by atoms with E-state index in [9.17, 15) is 13.2 Å². The van der Waals surface area contributed by atoms with E-state index >= 15 is 0 Å². The first-order valence-electron chi connectivity index (χ1n) is 9.54. The van der Waals surface area contributed by atoms with Crippen molar-refractivity contribution in [3.63, 3.8) is 0 Å². The monoisotopic (exact) mass is 411 g/mol. The van der Waals surface area contributed by atoms with Crippen molar-refractivity contribution in [2.24, 2.45) is 0 Å². The van der Waals surface area contributed by atoms with Crippen molar-refractivity contribution in [2.75, 3.05) is 6.26 Å². The summed E-state index contributed by atoms with van der Waals surface area (Å²) in [4.78, 5) is 13.0. The molecule has 6 heteroatoms. The van der Waals surface area contributed by atoms with Gasteiger partial charge in [-0.15, -0.1) is 0 Å². The van der Waals surface area contributed by atoms with E-state index in [4.69, 9.17) is 4.74 Å². The Morgan fingerprint density at radius 2 is 1.66 bits per heavy atom. The molecule has 5 nitrogen and oxygen atoms in total. The molecular formula is C23H25NO4S. The van der Waals surface area contributed by atoms with Gasteiger partial charge in [-0.05, 0) is 53.9 Å². The second-order valence-corrected chi connectivity index (χ2v) is 9.11. The molecule has 1 amide bonds. The van der Waals surface area contributed by atoms with E-state index in [1.807, 2.05) is 56.3 Å². The van der Waals surface area contributed by atoms with E-state index in [1.165, 1.54) is 6.26 Å². The Bertz CT molecular complexity index is 1110. The zero-order chi connectivity index (χ0) is 21.0. The number of amides is 1. The third kappa shape index (κ3) is 5.15. The largest absolute Gasteiger partial charge is 0.481 e. The molecule has 0 heterocycles. The molecule has 0 radical (unpaired) electrons. The smallest absolute Gasteiger partial charge is 0.261 e. The molecule has 3 aromatic rings. The fourth-order valence-electron chi connectivity index (χ4n) is 3.12. The van der Waals surface area contributed by atoms with E-state index in [0.29, 0.717) is 12.2 Å². The predicted octanol–water partition coefficient (Wildman–Crippen LogP) is 4.28. The lowest BCUT2D eigenvalue weighted by molar-refractivity contribution is -0.128. The Labute approximate surface area is 171 Å². The summed E-state index contributed by atoms with van der Waals surface area (Å²) in [5.41, 5.74) is 0.825. The predicted molar refractivity (Wildman–Crippen MR) is 115 cm³/mol. The standard InChI is InChI=1S/C23H25NO4S/c1-4-22(28-20-12-9-18-7-5-6-8-19(18)15-20)23(25)24-16(2)17-10-13-21(14-11-17)29(3,26)27/h5-16,22H,4H2,1-3H3,(H,24,25)/t16-,22+/m0/s1. The molecule has 29 heavy (non-hydrogen) atoms. The zero-order valence-electron chi connectivity index (χ0n) is 16.8. The first kappa shape index (κ1) is 20.9. The average Bonchev–Trinajstić information content (AvgIpc) is 2.71. The highest BCUT2D eigenvalue weighted by Gasteiger charge is 2.21.